The van der Waals surface area contributed by atoms with Crippen LogP contribution in [0.4, 0.5) is 10.1 Å². The van der Waals surface area contributed by atoms with Crippen molar-refractivity contribution < 1.29 is 22.4 Å². The van der Waals surface area contributed by atoms with Crippen molar-refractivity contribution in [3.8, 4) is 0 Å². The molecule has 9 heteroatoms. The molecule has 0 aromatic heterocycles. The standard InChI is InChI=1S/C26H28FN3O4S/c1-19-9-15-23(16-10-19)30(35(33,34)24-7-5-4-6-8-24)18-25(31)29(20(2)26(32)28-3)17-21-11-13-22(27)14-12-21/h4-16,20H,17-18H2,1-3H3,(H,28,32)/t20-/m1/s1. The average Bonchev–Trinajstić information content (AvgIpc) is 2.87. The normalized spacial score (nSPS) is 12.0. The average molecular weight is 498 g/mol. The van der Waals surface area contributed by atoms with Crippen molar-refractivity contribution in [1.82, 2.24) is 10.2 Å². The zero-order chi connectivity index (χ0) is 25.6. The minimum atomic E-state index is -4.09. The molecule has 0 unspecified atom stereocenters. The first-order chi connectivity index (χ1) is 16.6. The molecular formula is C26H28FN3O4S. The minimum absolute atomic E-state index is 0.000816. The topological polar surface area (TPSA) is 86.8 Å². The number of likely N-dealkylation sites (N-methyl/N-ethyl adjacent to an activating group) is 1. The number of hydrogen-bond donors (Lipinski definition) is 1. The Morgan fingerprint density at radius 3 is 2.11 bits per heavy atom. The van der Waals surface area contributed by atoms with Crippen molar-refractivity contribution in [3.63, 3.8) is 0 Å². The molecule has 184 valence electrons. The van der Waals surface area contributed by atoms with Crippen LogP contribution < -0.4 is 9.62 Å². The fourth-order valence-corrected chi connectivity index (χ4v) is 4.97. The summed E-state index contributed by atoms with van der Waals surface area (Å²) in [5, 5.41) is 2.52. The van der Waals surface area contributed by atoms with Gasteiger partial charge in [-0.25, -0.2) is 12.8 Å². The van der Waals surface area contributed by atoms with Gasteiger partial charge >= 0.3 is 0 Å². The van der Waals surface area contributed by atoms with Crippen molar-refractivity contribution in [2.75, 3.05) is 17.9 Å². The van der Waals surface area contributed by atoms with Crippen molar-refractivity contribution in [1.29, 1.82) is 0 Å². The number of benzene rings is 3. The molecular weight excluding hydrogens is 469 g/mol. The van der Waals surface area contributed by atoms with Gasteiger partial charge in [0.05, 0.1) is 10.6 Å². The molecule has 0 bridgehead atoms. The molecule has 3 aromatic rings. The Hall–Kier alpha value is -3.72. The summed E-state index contributed by atoms with van der Waals surface area (Å²) in [6, 6.07) is 19.3. The Kier molecular flexibility index (Phi) is 8.24. The fourth-order valence-electron chi connectivity index (χ4n) is 3.54. The van der Waals surface area contributed by atoms with Crippen LogP contribution in [0.3, 0.4) is 0 Å². The summed E-state index contributed by atoms with van der Waals surface area (Å²) in [6.07, 6.45) is 0. The van der Waals surface area contributed by atoms with Gasteiger partial charge in [-0.05, 0) is 55.8 Å². The molecule has 1 atom stereocenters. The lowest BCUT2D eigenvalue weighted by atomic mass is 10.1. The third-order valence-corrected chi connectivity index (χ3v) is 7.40. The largest absolute Gasteiger partial charge is 0.357 e. The highest BCUT2D eigenvalue weighted by Gasteiger charge is 2.32. The summed E-state index contributed by atoms with van der Waals surface area (Å²) in [5.74, 6) is -1.41. The third kappa shape index (κ3) is 6.24. The highest BCUT2D eigenvalue weighted by atomic mass is 32.2. The number of sulfonamides is 1. The number of amides is 2. The van der Waals surface area contributed by atoms with E-state index in [1.165, 1.54) is 48.3 Å². The van der Waals surface area contributed by atoms with E-state index in [2.05, 4.69) is 5.32 Å². The van der Waals surface area contributed by atoms with Crippen LogP contribution in [0.5, 0.6) is 0 Å². The Balaban J connectivity index is 2.00. The van der Waals surface area contributed by atoms with Gasteiger partial charge < -0.3 is 10.2 Å². The molecule has 0 spiro atoms. The van der Waals surface area contributed by atoms with E-state index in [1.807, 2.05) is 6.92 Å². The molecule has 3 aromatic carbocycles. The van der Waals surface area contributed by atoms with Crippen LogP contribution in [-0.2, 0) is 26.2 Å². The van der Waals surface area contributed by atoms with E-state index < -0.39 is 40.2 Å². The van der Waals surface area contributed by atoms with E-state index in [1.54, 1.807) is 49.4 Å². The van der Waals surface area contributed by atoms with Gasteiger partial charge in [-0.3, -0.25) is 13.9 Å². The molecule has 35 heavy (non-hydrogen) atoms. The Morgan fingerprint density at radius 1 is 0.943 bits per heavy atom. The number of carbonyl (C=O) groups excluding carboxylic acids is 2. The van der Waals surface area contributed by atoms with Crippen LogP contribution in [0.1, 0.15) is 18.1 Å². The zero-order valence-corrected chi connectivity index (χ0v) is 20.6. The number of halogens is 1. The molecule has 0 saturated carbocycles. The number of anilines is 1. The Morgan fingerprint density at radius 2 is 1.54 bits per heavy atom. The lowest BCUT2D eigenvalue weighted by Gasteiger charge is -2.31. The molecule has 0 aliphatic carbocycles. The van der Waals surface area contributed by atoms with Crippen LogP contribution in [0.15, 0.2) is 83.8 Å². The van der Waals surface area contributed by atoms with Gasteiger partial charge in [0.25, 0.3) is 10.0 Å². The number of carbonyl (C=O) groups is 2. The molecule has 0 heterocycles. The summed E-state index contributed by atoms with van der Waals surface area (Å²) < 4.78 is 41.6. The highest BCUT2D eigenvalue weighted by molar-refractivity contribution is 7.92. The molecule has 0 aliphatic rings. The third-order valence-electron chi connectivity index (χ3n) is 5.61. The molecule has 1 N–H and O–H groups in total. The van der Waals surface area contributed by atoms with Gasteiger partial charge in [0.15, 0.2) is 0 Å². The maximum absolute atomic E-state index is 13.6. The Bertz CT molecular complexity index is 1260. The van der Waals surface area contributed by atoms with Crippen molar-refractivity contribution in [3.05, 3.63) is 95.8 Å². The molecule has 0 saturated heterocycles. The van der Waals surface area contributed by atoms with Crippen molar-refractivity contribution in [2.45, 2.75) is 31.3 Å². The van der Waals surface area contributed by atoms with E-state index in [0.717, 1.165) is 9.87 Å². The summed E-state index contributed by atoms with van der Waals surface area (Å²) in [7, 11) is -2.63. The second-order valence-corrected chi connectivity index (χ2v) is 9.96. The number of nitrogens with one attached hydrogen (secondary N) is 1. The molecule has 2 amide bonds. The molecule has 0 aliphatic heterocycles. The number of nitrogens with zero attached hydrogens (tertiary/aromatic N) is 2. The monoisotopic (exact) mass is 497 g/mol. The first-order valence-corrected chi connectivity index (χ1v) is 12.5. The van der Waals surface area contributed by atoms with E-state index in [9.17, 15) is 22.4 Å². The second kappa shape index (κ2) is 11.1. The van der Waals surface area contributed by atoms with Crippen LogP contribution >= 0.6 is 0 Å². The van der Waals surface area contributed by atoms with E-state index >= 15 is 0 Å². The lowest BCUT2D eigenvalue weighted by molar-refractivity contribution is -0.139. The summed E-state index contributed by atoms with van der Waals surface area (Å²) >= 11 is 0. The van der Waals surface area contributed by atoms with E-state index in [-0.39, 0.29) is 11.4 Å². The highest BCUT2D eigenvalue weighted by Crippen LogP contribution is 2.25. The first kappa shape index (κ1) is 25.9. The maximum atomic E-state index is 13.6. The summed E-state index contributed by atoms with van der Waals surface area (Å²) in [6.45, 7) is 2.91. The van der Waals surface area contributed by atoms with Crippen LogP contribution in [-0.4, -0.2) is 44.8 Å². The van der Waals surface area contributed by atoms with Gasteiger partial charge in [-0.2, -0.15) is 0 Å². The van der Waals surface area contributed by atoms with Crippen LogP contribution in [0.2, 0.25) is 0 Å². The van der Waals surface area contributed by atoms with Crippen molar-refractivity contribution >= 4 is 27.5 Å². The quantitative estimate of drug-likeness (QED) is 0.490. The van der Waals surface area contributed by atoms with Gasteiger partial charge in [0.1, 0.15) is 18.4 Å². The minimum Gasteiger partial charge on any atom is -0.357 e. The van der Waals surface area contributed by atoms with Gasteiger partial charge in [-0.15, -0.1) is 0 Å². The molecule has 7 nitrogen and oxygen atoms in total. The van der Waals surface area contributed by atoms with Gasteiger partial charge in [0, 0.05) is 13.6 Å². The molecule has 0 fully saturated rings. The first-order valence-electron chi connectivity index (χ1n) is 11.0. The second-order valence-electron chi connectivity index (χ2n) is 8.10. The molecule has 0 radical (unpaired) electrons. The SMILES string of the molecule is CNC(=O)[C@@H](C)N(Cc1ccc(F)cc1)C(=O)CN(c1ccc(C)cc1)S(=O)(=O)c1ccccc1. The predicted molar refractivity (Wildman–Crippen MR) is 133 cm³/mol. The van der Waals surface area contributed by atoms with Gasteiger partial charge in [-0.1, -0.05) is 48.0 Å². The number of rotatable bonds is 9. The molecule has 3 rings (SSSR count). The lowest BCUT2D eigenvalue weighted by Crippen LogP contribution is -2.50. The smallest absolute Gasteiger partial charge is 0.264 e. The van der Waals surface area contributed by atoms with Crippen LogP contribution in [0, 0.1) is 12.7 Å². The predicted octanol–water partition coefficient (Wildman–Crippen LogP) is 3.49. The summed E-state index contributed by atoms with van der Waals surface area (Å²) in [5.41, 5.74) is 1.86. The van der Waals surface area contributed by atoms with Crippen molar-refractivity contribution in [2.24, 2.45) is 0 Å². The number of hydrogen-bond acceptors (Lipinski definition) is 4. The van der Waals surface area contributed by atoms with Gasteiger partial charge in [0.2, 0.25) is 11.8 Å². The van der Waals surface area contributed by atoms with E-state index in [0.29, 0.717) is 11.3 Å². The Labute approximate surface area is 205 Å². The number of aryl methyl sites for hydroxylation is 1. The van der Waals surface area contributed by atoms with Crippen LogP contribution in [0.25, 0.3) is 0 Å². The summed E-state index contributed by atoms with van der Waals surface area (Å²) in [4.78, 5) is 27.3. The zero-order valence-electron chi connectivity index (χ0n) is 19.8. The maximum Gasteiger partial charge on any atom is 0.264 e. The van der Waals surface area contributed by atoms with E-state index in [4.69, 9.17) is 0 Å². The fraction of sp³-hybridized carbons (Fsp3) is 0.231.